The van der Waals surface area contributed by atoms with Crippen molar-refractivity contribution < 1.29 is 4.52 Å². The smallest absolute Gasteiger partial charge is 0.241 e. The first-order chi connectivity index (χ1) is 11.8. The summed E-state index contributed by atoms with van der Waals surface area (Å²) in [6, 6.07) is 8.57. The van der Waals surface area contributed by atoms with Gasteiger partial charge in [0, 0.05) is 11.6 Å². The van der Waals surface area contributed by atoms with Crippen molar-refractivity contribution in [3.63, 3.8) is 0 Å². The van der Waals surface area contributed by atoms with Crippen LogP contribution in [-0.2, 0) is 13.1 Å². The molecule has 0 amide bonds. The van der Waals surface area contributed by atoms with Gasteiger partial charge in [0.15, 0.2) is 0 Å². The molecule has 1 aliphatic rings. The molecule has 1 atom stereocenters. The van der Waals surface area contributed by atoms with E-state index < -0.39 is 0 Å². The minimum atomic E-state index is 0.431. The molecule has 1 aliphatic heterocycles. The van der Waals surface area contributed by atoms with Gasteiger partial charge in [-0.05, 0) is 32.4 Å². The van der Waals surface area contributed by atoms with E-state index in [0.29, 0.717) is 24.3 Å². The molecular weight excluding hydrogens is 304 g/mol. The van der Waals surface area contributed by atoms with Crippen LogP contribution in [0.4, 0.5) is 0 Å². The Bertz CT molecular complexity index is 797. The fraction of sp³-hybridized carbons (Fsp3) is 0.412. The number of aryl methyl sites for hydroxylation is 1. The van der Waals surface area contributed by atoms with Crippen molar-refractivity contribution in [2.24, 2.45) is 0 Å². The maximum atomic E-state index is 5.47. The highest BCUT2D eigenvalue weighted by molar-refractivity contribution is 5.55. The van der Waals surface area contributed by atoms with E-state index >= 15 is 0 Å². The normalized spacial score (nSPS) is 18.3. The monoisotopic (exact) mass is 324 g/mol. The molecule has 0 spiro atoms. The molecule has 0 aliphatic carbocycles. The van der Waals surface area contributed by atoms with Crippen LogP contribution in [0, 0.1) is 6.92 Å². The van der Waals surface area contributed by atoms with Gasteiger partial charge in [0.1, 0.15) is 12.7 Å². The Kier molecular flexibility index (Phi) is 4.08. The molecule has 1 aromatic carbocycles. The Labute approximate surface area is 140 Å². The molecule has 0 saturated carbocycles. The molecule has 0 bridgehead atoms. The van der Waals surface area contributed by atoms with Crippen LogP contribution >= 0.6 is 0 Å². The largest absolute Gasteiger partial charge is 0.338 e. The van der Waals surface area contributed by atoms with Crippen LogP contribution in [0.3, 0.4) is 0 Å². The molecule has 7 heteroatoms. The van der Waals surface area contributed by atoms with Crippen molar-refractivity contribution >= 4 is 0 Å². The van der Waals surface area contributed by atoms with Crippen LogP contribution < -0.4 is 0 Å². The van der Waals surface area contributed by atoms with Gasteiger partial charge < -0.3 is 4.52 Å². The summed E-state index contributed by atoms with van der Waals surface area (Å²) >= 11 is 0. The third kappa shape index (κ3) is 3.21. The Morgan fingerprint density at radius 2 is 2.29 bits per heavy atom. The summed E-state index contributed by atoms with van der Waals surface area (Å²) in [6.07, 6.45) is 5.67. The standard InChI is InChI=1S/C17H20N6O/c1-13-4-2-5-14(8-13)17-20-16(24-21-17)10-22-7-3-6-15(22)9-23-12-18-11-19-23/h2,4-5,8,11-12,15H,3,6-7,9-10H2,1H3/t15-/m1/s1. The van der Waals surface area contributed by atoms with Gasteiger partial charge in [-0.1, -0.05) is 28.9 Å². The maximum Gasteiger partial charge on any atom is 0.241 e. The SMILES string of the molecule is Cc1cccc(-c2noc(CN3CCC[C@@H]3Cn3cncn3)n2)c1. The molecule has 1 fully saturated rings. The first-order valence-electron chi connectivity index (χ1n) is 8.24. The van der Waals surface area contributed by atoms with Crippen molar-refractivity contribution in [3.8, 4) is 11.4 Å². The highest BCUT2D eigenvalue weighted by Crippen LogP contribution is 2.22. The molecule has 0 N–H and O–H groups in total. The first-order valence-corrected chi connectivity index (χ1v) is 8.24. The van der Waals surface area contributed by atoms with Crippen molar-refractivity contribution in [2.45, 2.75) is 38.9 Å². The van der Waals surface area contributed by atoms with Gasteiger partial charge >= 0.3 is 0 Å². The molecule has 0 radical (unpaired) electrons. The number of nitrogens with zero attached hydrogens (tertiary/aromatic N) is 6. The summed E-state index contributed by atoms with van der Waals surface area (Å²) in [6.45, 7) is 4.63. The summed E-state index contributed by atoms with van der Waals surface area (Å²) in [4.78, 5) is 11.0. The number of hydrogen-bond acceptors (Lipinski definition) is 6. The van der Waals surface area contributed by atoms with Crippen molar-refractivity contribution in [2.75, 3.05) is 6.54 Å². The molecular formula is C17H20N6O. The third-order valence-electron chi connectivity index (χ3n) is 4.45. The molecule has 2 aromatic heterocycles. The van der Waals surface area contributed by atoms with Crippen LogP contribution in [-0.4, -0.2) is 42.4 Å². The van der Waals surface area contributed by atoms with E-state index in [1.807, 2.05) is 16.8 Å². The molecule has 7 nitrogen and oxygen atoms in total. The second kappa shape index (κ2) is 6.52. The second-order valence-corrected chi connectivity index (χ2v) is 6.27. The highest BCUT2D eigenvalue weighted by atomic mass is 16.5. The van der Waals surface area contributed by atoms with Crippen molar-refractivity contribution in [1.29, 1.82) is 0 Å². The Morgan fingerprint density at radius 1 is 1.33 bits per heavy atom. The van der Waals surface area contributed by atoms with Crippen LogP contribution in [0.15, 0.2) is 41.4 Å². The zero-order valence-corrected chi connectivity index (χ0v) is 13.7. The van der Waals surface area contributed by atoms with Gasteiger partial charge in [0.25, 0.3) is 0 Å². The van der Waals surface area contributed by atoms with E-state index in [2.05, 4.69) is 44.2 Å². The number of rotatable bonds is 5. The fourth-order valence-electron chi connectivity index (χ4n) is 3.25. The summed E-state index contributed by atoms with van der Waals surface area (Å²) in [5.74, 6) is 1.32. The van der Waals surface area contributed by atoms with E-state index in [-0.39, 0.29) is 0 Å². The molecule has 1 saturated heterocycles. The number of hydrogen-bond donors (Lipinski definition) is 0. The lowest BCUT2D eigenvalue weighted by Crippen LogP contribution is -2.32. The minimum absolute atomic E-state index is 0.431. The van der Waals surface area contributed by atoms with Gasteiger partial charge in [-0.25, -0.2) is 4.98 Å². The lowest BCUT2D eigenvalue weighted by atomic mass is 10.1. The van der Waals surface area contributed by atoms with Crippen LogP contribution in [0.2, 0.25) is 0 Å². The average molecular weight is 324 g/mol. The zero-order chi connectivity index (χ0) is 16.4. The maximum absolute atomic E-state index is 5.47. The Hall–Kier alpha value is -2.54. The number of aromatic nitrogens is 5. The molecule has 24 heavy (non-hydrogen) atoms. The number of likely N-dealkylation sites (tertiary alicyclic amines) is 1. The lowest BCUT2D eigenvalue weighted by molar-refractivity contribution is 0.192. The summed E-state index contributed by atoms with van der Waals surface area (Å²) in [5.41, 5.74) is 2.18. The highest BCUT2D eigenvalue weighted by Gasteiger charge is 2.26. The molecule has 4 rings (SSSR count). The predicted octanol–water partition coefficient (Wildman–Crippen LogP) is 2.30. The van der Waals surface area contributed by atoms with Crippen molar-refractivity contribution in [3.05, 3.63) is 48.4 Å². The van der Waals surface area contributed by atoms with Gasteiger partial charge in [0.2, 0.25) is 11.7 Å². The van der Waals surface area contributed by atoms with Crippen molar-refractivity contribution in [1.82, 2.24) is 29.8 Å². The summed E-state index contributed by atoms with van der Waals surface area (Å²) < 4.78 is 7.35. The topological polar surface area (TPSA) is 72.9 Å². The van der Waals surface area contributed by atoms with E-state index in [1.54, 1.807) is 12.7 Å². The summed E-state index contributed by atoms with van der Waals surface area (Å²) in [7, 11) is 0. The Balaban J connectivity index is 1.45. The van der Waals surface area contributed by atoms with Crippen LogP contribution in [0.5, 0.6) is 0 Å². The van der Waals surface area contributed by atoms with E-state index in [1.165, 1.54) is 12.0 Å². The summed E-state index contributed by atoms with van der Waals surface area (Å²) in [5, 5.41) is 8.33. The molecule has 0 unspecified atom stereocenters. The third-order valence-corrected chi connectivity index (χ3v) is 4.45. The lowest BCUT2D eigenvalue weighted by Gasteiger charge is -2.22. The van der Waals surface area contributed by atoms with E-state index in [4.69, 9.17) is 4.52 Å². The Morgan fingerprint density at radius 3 is 3.12 bits per heavy atom. The van der Waals surface area contributed by atoms with Gasteiger partial charge in [-0.15, -0.1) is 0 Å². The van der Waals surface area contributed by atoms with Crippen LogP contribution in [0.1, 0.15) is 24.3 Å². The van der Waals surface area contributed by atoms with Crippen LogP contribution in [0.25, 0.3) is 11.4 Å². The molecule has 124 valence electrons. The van der Waals surface area contributed by atoms with E-state index in [0.717, 1.165) is 25.1 Å². The second-order valence-electron chi connectivity index (χ2n) is 6.27. The quantitative estimate of drug-likeness (QED) is 0.717. The van der Waals surface area contributed by atoms with Gasteiger partial charge in [-0.2, -0.15) is 10.1 Å². The van der Waals surface area contributed by atoms with Gasteiger partial charge in [-0.3, -0.25) is 9.58 Å². The first kappa shape index (κ1) is 15.0. The number of benzene rings is 1. The molecule has 3 aromatic rings. The fourth-order valence-corrected chi connectivity index (χ4v) is 3.25. The zero-order valence-electron chi connectivity index (χ0n) is 13.7. The van der Waals surface area contributed by atoms with Gasteiger partial charge in [0.05, 0.1) is 13.1 Å². The van der Waals surface area contributed by atoms with E-state index in [9.17, 15) is 0 Å². The average Bonchev–Trinajstić information content (AvgIpc) is 3.32. The predicted molar refractivity (Wildman–Crippen MR) is 87.9 cm³/mol. The minimum Gasteiger partial charge on any atom is -0.338 e. The molecule has 3 heterocycles.